The summed E-state index contributed by atoms with van der Waals surface area (Å²) in [5, 5.41) is 6.90. The van der Waals surface area contributed by atoms with Gasteiger partial charge in [-0.2, -0.15) is 4.98 Å². The summed E-state index contributed by atoms with van der Waals surface area (Å²) in [5.74, 6) is 1.30. The van der Waals surface area contributed by atoms with Gasteiger partial charge in [0.2, 0.25) is 0 Å². The molecule has 152 valence electrons. The van der Waals surface area contributed by atoms with Crippen LogP contribution in [-0.4, -0.2) is 30.6 Å². The average molecular weight is 402 g/mol. The molecule has 0 radical (unpaired) electrons. The maximum absolute atomic E-state index is 12.7. The minimum absolute atomic E-state index is 0.281. The summed E-state index contributed by atoms with van der Waals surface area (Å²) < 4.78 is 7.08. The zero-order valence-corrected chi connectivity index (χ0v) is 17.1. The van der Waals surface area contributed by atoms with Gasteiger partial charge in [-0.25, -0.2) is 9.97 Å². The van der Waals surface area contributed by atoms with Gasteiger partial charge in [0.1, 0.15) is 12.0 Å². The zero-order valence-electron chi connectivity index (χ0n) is 17.1. The number of hydrogen-bond donors (Lipinski definition) is 1. The number of hydrogen-bond acceptors (Lipinski definition) is 6. The maximum atomic E-state index is 12.7. The van der Waals surface area contributed by atoms with Crippen molar-refractivity contribution < 1.29 is 9.32 Å². The fourth-order valence-corrected chi connectivity index (χ4v) is 3.26. The lowest BCUT2D eigenvalue weighted by Crippen LogP contribution is -2.12. The number of aryl methyl sites for hydroxylation is 3. The smallest absolute Gasteiger partial charge is 0.275 e. The molecule has 0 unspecified atom stereocenters. The van der Waals surface area contributed by atoms with E-state index >= 15 is 0 Å². The van der Waals surface area contributed by atoms with Crippen LogP contribution in [-0.2, 0) is 6.42 Å². The number of benzene rings is 1. The van der Waals surface area contributed by atoms with Gasteiger partial charge in [0.05, 0.1) is 5.56 Å². The summed E-state index contributed by atoms with van der Waals surface area (Å²) in [5.41, 5.74) is 3.85. The van der Waals surface area contributed by atoms with Crippen molar-refractivity contribution in [3.8, 4) is 17.3 Å². The molecule has 0 aliphatic rings. The Morgan fingerprint density at radius 3 is 2.73 bits per heavy atom. The minimum atomic E-state index is -0.292. The van der Waals surface area contributed by atoms with Crippen LogP contribution in [0.5, 0.6) is 0 Å². The number of aromatic nitrogens is 5. The van der Waals surface area contributed by atoms with E-state index in [2.05, 4.69) is 38.4 Å². The molecule has 1 amide bonds. The van der Waals surface area contributed by atoms with Gasteiger partial charge >= 0.3 is 0 Å². The molecule has 3 aromatic heterocycles. The van der Waals surface area contributed by atoms with Gasteiger partial charge in [-0.1, -0.05) is 18.1 Å². The first kappa shape index (κ1) is 19.5. The summed E-state index contributed by atoms with van der Waals surface area (Å²) in [6.45, 7) is 6.04. The van der Waals surface area contributed by atoms with Crippen molar-refractivity contribution >= 4 is 11.6 Å². The topological polar surface area (TPSA) is 98.7 Å². The molecule has 3 heterocycles. The standard InChI is InChI=1S/C22H22N6O2/c1-4-6-19-26-22(30-27-19)17-7-5-8-23-20(17)28-12-18(24-13-28)21(29)25-16-10-14(2)9-15(3)11-16/h5,7-13H,4,6H2,1-3H3,(H,25,29). The first-order valence-electron chi connectivity index (χ1n) is 9.75. The van der Waals surface area contributed by atoms with E-state index in [0.717, 1.165) is 29.7 Å². The van der Waals surface area contributed by atoms with Crippen molar-refractivity contribution in [2.24, 2.45) is 0 Å². The Balaban J connectivity index is 1.60. The Hall–Kier alpha value is -3.81. The van der Waals surface area contributed by atoms with Gasteiger partial charge in [0.15, 0.2) is 11.6 Å². The third kappa shape index (κ3) is 4.12. The van der Waals surface area contributed by atoms with E-state index in [1.54, 1.807) is 29.4 Å². The Morgan fingerprint density at radius 2 is 1.97 bits per heavy atom. The Kier molecular flexibility index (Phi) is 5.38. The van der Waals surface area contributed by atoms with Crippen LogP contribution in [0.25, 0.3) is 17.3 Å². The van der Waals surface area contributed by atoms with Crippen molar-refractivity contribution in [2.45, 2.75) is 33.6 Å². The van der Waals surface area contributed by atoms with Crippen molar-refractivity contribution in [1.29, 1.82) is 0 Å². The third-order valence-electron chi connectivity index (χ3n) is 4.50. The maximum Gasteiger partial charge on any atom is 0.275 e. The number of anilines is 1. The number of carbonyl (C=O) groups excluding carboxylic acids is 1. The van der Waals surface area contributed by atoms with Crippen LogP contribution in [0.3, 0.4) is 0 Å². The Bertz CT molecular complexity index is 1170. The Morgan fingerprint density at radius 1 is 1.17 bits per heavy atom. The van der Waals surface area contributed by atoms with E-state index < -0.39 is 0 Å². The minimum Gasteiger partial charge on any atom is -0.334 e. The summed E-state index contributed by atoms with van der Waals surface area (Å²) in [7, 11) is 0. The molecule has 0 saturated heterocycles. The number of pyridine rings is 1. The zero-order chi connectivity index (χ0) is 21.1. The molecule has 8 nitrogen and oxygen atoms in total. The lowest BCUT2D eigenvalue weighted by molar-refractivity contribution is 0.102. The molecule has 0 aliphatic heterocycles. The van der Waals surface area contributed by atoms with Crippen molar-refractivity contribution in [3.63, 3.8) is 0 Å². The fourth-order valence-electron chi connectivity index (χ4n) is 3.26. The highest BCUT2D eigenvalue weighted by molar-refractivity contribution is 6.02. The molecule has 4 aromatic rings. The number of rotatable bonds is 6. The number of amides is 1. The molecular weight excluding hydrogens is 380 g/mol. The van der Waals surface area contributed by atoms with Crippen molar-refractivity contribution in [3.05, 3.63) is 71.7 Å². The van der Waals surface area contributed by atoms with Crippen LogP contribution in [0.4, 0.5) is 5.69 Å². The van der Waals surface area contributed by atoms with Gasteiger partial charge in [-0.05, 0) is 55.7 Å². The predicted octanol–water partition coefficient (Wildman–Crippen LogP) is 4.14. The second kappa shape index (κ2) is 8.28. The SMILES string of the molecule is CCCc1noc(-c2cccnc2-n2cnc(C(=O)Nc3cc(C)cc(C)c3)c2)n1. The van der Waals surface area contributed by atoms with Crippen molar-refractivity contribution in [2.75, 3.05) is 5.32 Å². The van der Waals surface area contributed by atoms with Crippen LogP contribution in [0.1, 0.15) is 40.8 Å². The lowest BCUT2D eigenvalue weighted by atomic mass is 10.1. The van der Waals surface area contributed by atoms with E-state index in [1.807, 2.05) is 32.0 Å². The van der Waals surface area contributed by atoms with E-state index in [9.17, 15) is 4.79 Å². The van der Waals surface area contributed by atoms with Gasteiger partial charge in [0, 0.05) is 24.5 Å². The summed E-state index contributed by atoms with van der Waals surface area (Å²) >= 11 is 0. The van der Waals surface area contributed by atoms with Crippen LogP contribution in [0, 0.1) is 13.8 Å². The highest BCUT2D eigenvalue weighted by atomic mass is 16.5. The Labute approximate surface area is 174 Å². The highest BCUT2D eigenvalue weighted by Gasteiger charge is 2.17. The van der Waals surface area contributed by atoms with Crippen LogP contribution in [0.2, 0.25) is 0 Å². The summed E-state index contributed by atoms with van der Waals surface area (Å²) in [6, 6.07) is 9.54. The molecule has 30 heavy (non-hydrogen) atoms. The number of carbonyl (C=O) groups is 1. The van der Waals surface area contributed by atoms with Gasteiger partial charge in [0.25, 0.3) is 11.8 Å². The molecule has 0 fully saturated rings. The molecule has 0 bridgehead atoms. The second-order valence-corrected chi connectivity index (χ2v) is 7.14. The molecule has 1 aromatic carbocycles. The second-order valence-electron chi connectivity index (χ2n) is 7.14. The molecule has 0 spiro atoms. The van der Waals surface area contributed by atoms with E-state index in [4.69, 9.17) is 4.52 Å². The predicted molar refractivity (Wildman–Crippen MR) is 113 cm³/mol. The molecule has 1 N–H and O–H groups in total. The van der Waals surface area contributed by atoms with Crippen molar-refractivity contribution in [1.82, 2.24) is 24.7 Å². The molecule has 0 aliphatic carbocycles. The molecular formula is C22H22N6O2. The molecule has 0 saturated carbocycles. The normalized spacial score (nSPS) is 10.9. The van der Waals surface area contributed by atoms with Gasteiger partial charge in [-0.3, -0.25) is 9.36 Å². The van der Waals surface area contributed by atoms with E-state index in [-0.39, 0.29) is 11.6 Å². The first-order chi connectivity index (χ1) is 14.5. The lowest BCUT2D eigenvalue weighted by Gasteiger charge is -2.06. The molecule has 0 atom stereocenters. The average Bonchev–Trinajstić information content (AvgIpc) is 3.37. The largest absolute Gasteiger partial charge is 0.334 e. The molecule has 4 rings (SSSR count). The van der Waals surface area contributed by atoms with Crippen LogP contribution < -0.4 is 5.32 Å². The number of nitrogens with zero attached hydrogens (tertiary/aromatic N) is 5. The van der Waals surface area contributed by atoms with Gasteiger partial charge < -0.3 is 9.84 Å². The van der Waals surface area contributed by atoms with E-state index in [1.165, 1.54) is 0 Å². The number of imidazole rings is 1. The van der Waals surface area contributed by atoms with Crippen LogP contribution in [0.15, 0.2) is 53.6 Å². The fraction of sp³-hybridized carbons (Fsp3) is 0.227. The quantitative estimate of drug-likeness (QED) is 0.520. The van der Waals surface area contributed by atoms with E-state index in [0.29, 0.717) is 23.1 Å². The van der Waals surface area contributed by atoms with Crippen LogP contribution >= 0.6 is 0 Å². The summed E-state index contributed by atoms with van der Waals surface area (Å²) in [6.07, 6.45) is 6.52. The monoisotopic (exact) mass is 402 g/mol. The third-order valence-corrected chi connectivity index (χ3v) is 4.50. The molecule has 8 heteroatoms. The summed E-state index contributed by atoms with van der Waals surface area (Å²) in [4.78, 5) is 25.8. The van der Waals surface area contributed by atoms with Gasteiger partial charge in [-0.15, -0.1) is 0 Å². The first-order valence-corrected chi connectivity index (χ1v) is 9.75. The number of nitrogens with one attached hydrogen (secondary N) is 1. The highest BCUT2D eigenvalue weighted by Crippen LogP contribution is 2.24.